The second-order valence-corrected chi connectivity index (χ2v) is 7.53. The van der Waals surface area contributed by atoms with Crippen molar-refractivity contribution in [3.05, 3.63) is 47.7 Å². The molecule has 1 amide bonds. The molecule has 9 heteroatoms. The van der Waals surface area contributed by atoms with Crippen LogP contribution in [0.25, 0.3) is 11.3 Å². The summed E-state index contributed by atoms with van der Waals surface area (Å²) in [7, 11) is 0. The predicted molar refractivity (Wildman–Crippen MR) is 104 cm³/mol. The minimum atomic E-state index is -4.51. The highest BCUT2D eigenvalue weighted by atomic mass is 19.4. The van der Waals surface area contributed by atoms with Gasteiger partial charge < -0.3 is 14.5 Å². The highest BCUT2D eigenvalue weighted by molar-refractivity contribution is 5.90. The number of nitrogens with zero attached hydrogens (tertiary/aromatic N) is 1. The third kappa shape index (κ3) is 5.26. The van der Waals surface area contributed by atoms with Crippen LogP contribution < -0.4 is 5.32 Å². The zero-order valence-corrected chi connectivity index (χ0v) is 16.8. The SMILES string of the molecule is CC(OC(=O)c1ccc(-c2cccc(C(F)(F)F)c2)o1)C(=O)NC1(C#N)CCCCC1. The molecule has 1 unspecified atom stereocenters. The van der Waals surface area contributed by atoms with E-state index in [1.54, 1.807) is 0 Å². The van der Waals surface area contributed by atoms with Gasteiger partial charge in [0, 0.05) is 5.56 Å². The lowest BCUT2D eigenvalue weighted by molar-refractivity contribution is -0.137. The van der Waals surface area contributed by atoms with Crippen molar-refractivity contribution >= 4 is 11.9 Å². The van der Waals surface area contributed by atoms with Gasteiger partial charge in [0.15, 0.2) is 6.10 Å². The number of rotatable bonds is 5. The van der Waals surface area contributed by atoms with Crippen LogP contribution in [-0.2, 0) is 15.7 Å². The van der Waals surface area contributed by atoms with Crippen molar-refractivity contribution in [2.45, 2.75) is 56.8 Å². The zero-order chi connectivity index (χ0) is 22.6. The quantitative estimate of drug-likeness (QED) is 0.679. The van der Waals surface area contributed by atoms with Crippen molar-refractivity contribution in [2.75, 3.05) is 0 Å². The average molecular weight is 434 g/mol. The predicted octanol–water partition coefficient (Wildman–Crippen LogP) is 4.85. The summed E-state index contributed by atoms with van der Waals surface area (Å²) in [6.45, 7) is 1.37. The summed E-state index contributed by atoms with van der Waals surface area (Å²) in [5.41, 5.74) is -1.66. The maximum Gasteiger partial charge on any atom is 0.416 e. The molecule has 31 heavy (non-hydrogen) atoms. The van der Waals surface area contributed by atoms with Crippen molar-refractivity contribution in [1.29, 1.82) is 5.26 Å². The molecule has 1 aliphatic carbocycles. The fraction of sp³-hybridized carbons (Fsp3) is 0.409. The van der Waals surface area contributed by atoms with Crippen LogP contribution in [0.5, 0.6) is 0 Å². The summed E-state index contributed by atoms with van der Waals surface area (Å²) >= 11 is 0. The highest BCUT2D eigenvalue weighted by Crippen LogP contribution is 2.33. The topological polar surface area (TPSA) is 92.3 Å². The van der Waals surface area contributed by atoms with Crippen LogP contribution in [0.2, 0.25) is 0 Å². The molecule has 1 aromatic heterocycles. The van der Waals surface area contributed by atoms with E-state index < -0.39 is 35.3 Å². The van der Waals surface area contributed by atoms with Crippen LogP contribution in [0, 0.1) is 11.3 Å². The van der Waals surface area contributed by atoms with E-state index in [1.807, 2.05) is 0 Å². The van der Waals surface area contributed by atoms with E-state index in [-0.39, 0.29) is 17.1 Å². The Balaban J connectivity index is 1.66. The van der Waals surface area contributed by atoms with Crippen molar-refractivity contribution in [3.8, 4) is 17.4 Å². The van der Waals surface area contributed by atoms with Gasteiger partial charge in [-0.2, -0.15) is 18.4 Å². The van der Waals surface area contributed by atoms with Gasteiger partial charge in [-0.3, -0.25) is 4.79 Å². The van der Waals surface area contributed by atoms with Crippen LogP contribution in [0.1, 0.15) is 55.1 Å². The van der Waals surface area contributed by atoms with Crippen molar-refractivity contribution in [3.63, 3.8) is 0 Å². The van der Waals surface area contributed by atoms with Crippen LogP contribution in [0.4, 0.5) is 13.2 Å². The number of halogens is 3. The molecule has 6 nitrogen and oxygen atoms in total. The van der Waals surface area contributed by atoms with E-state index in [0.29, 0.717) is 12.8 Å². The Labute approximate surface area is 177 Å². The maximum atomic E-state index is 12.9. The molecule has 1 heterocycles. The number of carbonyl (C=O) groups is 2. The minimum absolute atomic E-state index is 0.0563. The van der Waals surface area contributed by atoms with Gasteiger partial charge in [0.25, 0.3) is 5.91 Å². The van der Waals surface area contributed by atoms with Gasteiger partial charge in [-0.25, -0.2) is 4.79 Å². The second kappa shape index (κ2) is 8.84. The van der Waals surface area contributed by atoms with Crippen LogP contribution in [0.3, 0.4) is 0 Å². The standard InChI is InChI=1S/C22H21F3N2O4/c1-14(19(28)27-21(13-26)10-3-2-4-11-21)30-20(29)18-9-8-17(31-18)15-6-5-7-16(12-15)22(23,24)25/h5-9,12,14H,2-4,10-11H2,1H3,(H,27,28). The number of nitriles is 1. The lowest BCUT2D eigenvalue weighted by Crippen LogP contribution is -2.52. The molecule has 0 spiro atoms. The summed E-state index contributed by atoms with van der Waals surface area (Å²) in [5.74, 6) is -1.72. The molecular formula is C22H21F3N2O4. The lowest BCUT2D eigenvalue weighted by Gasteiger charge is -2.32. The van der Waals surface area contributed by atoms with E-state index in [2.05, 4.69) is 11.4 Å². The maximum absolute atomic E-state index is 12.9. The number of hydrogen-bond acceptors (Lipinski definition) is 5. The molecule has 3 rings (SSSR count). The Morgan fingerprint density at radius 3 is 2.55 bits per heavy atom. The Morgan fingerprint density at radius 2 is 1.90 bits per heavy atom. The molecular weight excluding hydrogens is 413 g/mol. The largest absolute Gasteiger partial charge is 0.449 e. The molecule has 0 bridgehead atoms. The molecule has 1 saturated carbocycles. The van der Waals surface area contributed by atoms with E-state index in [0.717, 1.165) is 31.4 Å². The van der Waals surface area contributed by atoms with Crippen molar-refractivity contribution in [2.24, 2.45) is 0 Å². The Hall–Kier alpha value is -3.28. The first kappa shape index (κ1) is 22.4. The normalized spacial score (nSPS) is 16.7. The summed E-state index contributed by atoms with van der Waals surface area (Å²) < 4.78 is 49.1. The zero-order valence-electron chi connectivity index (χ0n) is 16.8. The van der Waals surface area contributed by atoms with Gasteiger partial charge in [0.2, 0.25) is 5.76 Å². The van der Waals surface area contributed by atoms with Crippen molar-refractivity contribution < 1.29 is 31.9 Å². The lowest BCUT2D eigenvalue weighted by atomic mass is 9.83. The number of ether oxygens (including phenoxy) is 1. The number of alkyl halides is 3. The summed E-state index contributed by atoms with van der Waals surface area (Å²) in [6.07, 6.45) is -1.97. The number of furan rings is 1. The molecule has 0 radical (unpaired) electrons. The van der Waals surface area contributed by atoms with Crippen LogP contribution in [-0.4, -0.2) is 23.5 Å². The van der Waals surface area contributed by atoms with E-state index in [1.165, 1.54) is 31.2 Å². The highest BCUT2D eigenvalue weighted by Gasteiger charge is 2.36. The van der Waals surface area contributed by atoms with E-state index >= 15 is 0 Å². The number of carbonyl (C=O) groups excluding carboxylic acids is 2. The van der Waals surface area contributed by atoms with Crippen LogP contribution in [0.15, 0.2) is 40.8 Å². The third-order valence-corrected chi connectivity index (χ3v) is 5.22. The molecule has 164 valence electrons. The monoisotopic (exact) mass is 434 g/mol. The average Bonchev–Trinajstić information content (AvgIpc) is 3.24. The number of hydrogen-bond donors (Lipinski definition) is 1. The smallest absolute Gasteiger partial charge is 0.416 e. The van der Waals surface area contributed by atoms with E-state index in [9.17, 15) is 28.0 Å². The first-order chi connectivity index (χ1) is 14.6. The van der Waals surface area contributed by atoms with Gasteiger partial charge in [-0.05, 0) is 44.0 Å². The number of amides is 1. The van der Waals surface area contributed by atoms with Gasteiger partial charge in [-0.15, -0.1) is 0 Å². The molecule has 0 saturated heterocycles. The minimum Gasteiger partial charge on any atom is -0.449 e. The fourth-order valence-electron chi connectivity index (χ4n) is 3.48. The summed E-state index contributed by atoms with van der Waals surface area (Å²) in [4.78, 5) is 24.8. The summed E-state index contributed by atoms with van der Waals surface area (Å²) in [6, 6.07) is 9.27. The number of esters is 1. The molecule has 1 N–H and O–H groups in total. The van der Waals surface area contributed by atoms with Gasteiger partial charge in [0.05, 0.1) is 11.6 Å². The van der Waals surface area contributed by atoms with Gasteiger partial charge in [-0.1, -0.05) is 31.4 Å². The Bertz CT molecular complexity index is 1000. The third-order valence-electron chi connectivity index (χ3n) is 5.22. The first-order valence-corrected chi connectivity index (χ1v) is 9.85. The number of nitrogens with one attached hydrogen (secondary N) is 1. The molecule has 1 atom stereocenters. The van der Waals surface area contributed by atoms with Gasteiger partial charge >= 0.3 is 12.1 Å². The molecule has 0 aliphatic heterocycles. The fourth-order valence-corrected chi connectivity index (χ4v) is 3.48. The van der Waals surface area contributed by atoms with E-state index in [4.69, 9.17) is 9.15 Å². The molecule has 1 aliphatic rings. The van der Waals surface area contributed by atoms with Crippen LogP contribution >= 0.6 is 0 Å². The summed E-state index contributed by atoms with van der Waals surface area (Å²) in [5, 5.41) is 12.1. The first-order valence-electron chi connectivity index (χ1n) is 9.85. The molecule has 1 aromatic carbocycles. The van der Waals surface area contributed by atoms with Gasteiger partial charge in [0.1, 0.15) is 11.3 Å². The molecule has 1 fully saturated rings. The second-order valence-electron chi connectivity index (χ2n) is 7.53. The Morgan fingerprint density at radius 1 is 1.19 bits per heavy atom. The Kier molecular flexibility index (Phi) is 6.39. The molecule has 2 aromatic rings. The number of benzene rings is 1. The van der Waals surface area contributed by atoms with Crippen molar-refractivity contribution in [1.82, 2.24) is 5.32 Å².